The molecule has 0 radical (unpaired) electrons. The zero-order chi connectivity index (χ0) is 19.3. The van der Waals surface area contributed by atoms with Crippen molar-refractivity contribution in [1.82, 2.24) is 4.90 Å². The van der Waals surface area contributed by atoms with E-state index in [1.165, 1.54) is 18.9 Å². The van der Waals surface area contributed by atoms with Gasteiger partial charge < -0.3 is 14.4 Å². The lowest BCUT2D eigenvalue weighted by Crippen LogP contribution is -2.41. The maximum Gasteiger partial charge on any atom is 0.347 e. The Labute approximate surface area is 152 Å². The van der Waals surface area contributed by atoms with E-state index in [1.54, 1.807) is 24.3 Å². The number of amides is 1. The van der Waals surface area contributed by atoms with Crippen molar-refractivity contribution in [2.75, 3.05) is 25.2 Å². The van der Waals surface area contributed by atoms with Crippen LogP contribution in [0, 0.1) is 11.3 Å². The lowest BCUT2D eigenvalue weighted by Gasteiger charge is -2.23. The second-order valence-corrected chi connectivity index (χ2v) is 8.29. The monoisotopic (exact) mass is 380 g/mol. The van der Waals surface area contributed by atoms with Gasteiger partial charge >= 0.3 is 5.97 Å². The van der Waals surface area contributed by atoms with Gasteiger partial charge in [-0.2, -0.15) is 5.26 Å². The summed E-state index contributed by atoms with van der Waals surface area (Å²) >= 11 is 0. The summed E-state index contributed by atoms with van der Waals surface area (Å²) in [5.74, 6) is -0.791. The summed E-state index contributed by atoms with van der Waals surface area (Å²) in [5, 5.41) is 8.74. The third-order valence-electron chi connectivity index (χ3n) is 4.12. The molecular weight excluding hydrogens is 360 g/mol. The number of benzene rings is 1. The number of likely N-dealkylation sites (N-methyl/N-ethyl adjacent to an activating group) is 1. The van der Waals surface area contributed by atoms with E-state index in [-0.39, 0.29) is 11.5 Å². The van der Waals surface area contributed by atoms with Crippen molar-refractivity contribution >= 4 is 21.7 Å². The van der Waals surface area contributed by atoms with Crippen LogP contribution >= 0.6 is 0 Å². The molecule has 1 aliphatic heterocycles. The van der Waals surface area contributed by atoms with Crippen LogP contribution in [0.2, 0.25) is 0 Å². The Morgan fingerprint density at radius 1 is 1.35 bits per heavy atom. The first-order valence-electron chi connectivity index (χ1n) is 8.01. The third-order valence-corrected chi connectivity index (χ3v) is 5.87. The van der Waals surface area contributed by atoms with Crippen molar-refractivity contribution in [2.24, 2.45) is 0 Å². The molecule has 0 spiro atoms. The molecule has 26 heavy (non-hydrogen) atoms. The number of carbonyl (C=O) groups excluding carboxylic acids is 2. The number of esters is 1. The van der Waals surface area contributed by atoms with E-state index in [9.17, 15) is 18.0 Å². The largest absolute Gasteiger partial charge is 0.479 e. The van der Waals surface area contributed by atoms with Crippen molar-refractivity contribution in [1.29, 1.82) is 5.26 Å². The van der Waals surface area contributed by atoms with Gasteiger partial charge in [0.05, 0.1) is 23.1 Å². The van der Waals surface area contributed by atoms with Gasteiger partial charge in [0.1, 0.15) is 5.75 Å². The third kappa shape index (κ3) is 5.20. The summed E-state index contributed by atoms with van der Waals surface area (Å²) in [4.78, 5) is 25.3. The van der Waals surface area contributed by atoms with Gasteiger partial charge in [-0.1, -0.05) is 0 Å². The molecule has 2 atom stereocenters. The molecule has 0 saturated carbocycles. The van der Waals surface area contributed by atoms with Crippen LogP contribution in [0.15, 0.2) is 24.3 Å². The van der Waals surface area contributed by atoms with Gasteiger partial charge in [-0.05, 0) is 37.6 Å². The van der Waals surface area contributed by atoms with Crippen LogP contribution in [-0.2, 0) is 24.2 Å². The summed E-state index contributed by atoms with van der Waals surface area (Å²) in [6.45, 7) is 1.01. The number of sulfone groups is 1. The zero-order valence-electron chi connectivity index (χ0n) is 14.5. The highest BCUT2D eigenvalue weighted by molar-refractivity contribution is 7.91. The lowest BCUT2D eigenvalue weighted by molar-refractivity contribution is -0.157. The fraction of sp³-hybridized carbons (Fsp3) is 0.471. The van der Waals surface area contributed by atoms with Crippen LogP contribution in [0.3, 0.4) is 0 Å². The molecule has 0 unspecified atom stereocenters. The van der Waals surface area contributed by atoms with Crippen molar-refractivity contribution in [3.05, 3.63) is 29.8 Å². The van der Waals surface area contributed by atoms with Gasteiger partial charge in [0.2, 0.25) is 0 Å². The van der Waals surface area contributed by atoms with Crippen LogP contribution in [0.25, 0.3) is 0 Å². The molecule has 8 nitrogen and oxygen atoms in total. The van der Waals surface area contributed by atoms with Gasteiger partial charge in [-0.25, -0.2) is 13.2 Å². The Kier molecular flexibility index (Phi) is 6.21. The lowest BCUT2D eigenvalue weighted by atomic mass is 10.2. The van der Waals surface area contributed by atoms with E-state index >= 15 is 0 Å². The molecule has 1 aromatic rings. The Bertz CT molecular complexity index is 813. The van der Waals surface area contributed by atoms with Crippen LogP contribution in [0.1, 0.15) is 18.9 Å². The molecule has 1 saturated heterocycles. The number of ether oxygens (including phenoxy) is 2. The topological polar surface area (TPSA) is 114 Å². The highest BCUT2D eigenvalue weighted by atomic mass is 32.2. The Balaban J connectivity index is 1.81. The van der Waals surface area contributed by atoms with Crippen LogP contribution in [-0.4, -0.2) is 62.5 Å². The molecule has 0 N–H and O–H groups in total. The quantitative estimate of drug-likeness (QED) is 0.661. The van der Waals surface area contributed by atoms with Crippen molar-refractivity contribution < 1.29 is 27.5 Å². The minimum atomic E-state index is -3.10. The molecule has 1 amide bonds. The molecule has 1 aromatic carbocycles. The fourth-order valence-corrected chi connectivity index (χ4v) is 4.27. The maximum absolute atomic E-state index is 12.1. The second kappa shape index (κ2) is 8.19. The molecule has 0 aromatic heterocycles. The van der Waals surface area contributed by atoms with E-state index in [1.807, 2.05) is 6.07 Å². The van der Waals surface area contributed by atoms with Crippen molar-refractivity contribution in [3.63, 3.8) is 0 Å². The van der Waals surface area contributed by atoms with E-state index in [0.717, 1.165) is 0 Å². The SMILES string of the molecule is C[C@H](Oc1ccc(C#N)cc1)C(=O)OCC(=O)N(C)[C@H]1CCS(=O)(=O)C1. The predicted molar refractivity (Wildman–Crippen MR) is 92.0 cm³/mol. The predicted octanol–water partition coefficient (Wildman–Crippen LogP) is 0.514. The number of hydrogen-bond acceptors (Lipinski definition) is 7. The average Bonchev–Trinajstić information content (AvgIpc) is 2.99. The summed E-state index contributed by atoms with van der Waals surface area (Å²) in [7, 11) is -1.60. The molecule has 0 bridgehead atoms. The first-order valence-corrected chi connectivity index (χ1v) is 9.83. The summed E-state index contributed by atoms with van der Waals surface area (Å²) in [6, 6.07) is 7.81. The molecule has 1 fully saturated rings. The van der Waals surface area contributed by atoms with Crippen LogP contribution in [0.4, 0.5) is 0 Å². The van der Waals surface area contributed by atoms with E-state index < -0.39 is 40.5 Å². The van der Waals surface area contributed by atoms with Gasteiger partial charge in [-0.15, -0.1) is 0 Å². The second-order valence-electron chi connectivity index (χ2n) is 6.07. The molecule has 1 heterocycles. The summed E-state index contributed by atoms with van der Waals surface area (Å²) in [5.41, 5.74) is 0.468. The van der Waals surface area contributed by atoms with Crippen LogP contribution in [0.5, 0.6) is 5.75 Å². The van der Waals surface area contributed by atoms with E-state index in [0.29, 0.717) is 17.7 Å². The van der Waals surface area contributed by atoms with E-state index in [2.05, 4.69) is 0 Å². The van der Waals surface area contributed by atoms with Gasteiger partial charge in [0.25, 0.3) is 5.91 Å². The highest BCUT2D eigenvalue weighted by Gasteiger charge is 2.33. The van der Waals surface area contributed by atoms with Crippen LogP contribution < -0.4 is 4.74 Å². The number of hydrogen-bond donors (Lipinski definition) is 0. The molecule has 1 aliphatic rings. The standard InChI is InChI=1S/C17H20N2O6S/c1-12(25-15-5-3-13(9-18)4-6-15)17(21)24-10-16(20)19(2)14-7-8-26(22,23)11-14/h3-6,12,14H,7-8,10-11H2,1-2H3/t12-,14-/m0/s1. The first-order chi connectivity index (χ1) is 12.2. The molecule has 140 valence electrons. The Morgan fingerprint density at radius 3 is 2.54 bits per heavy atom. The van der Waals surface area contributed by atoms with Gasteiger partial charge in [-0.3, -0.25) is 4.79 Å². The highest BCUT2D eigenvalue weighted by Crippen LogP contribution is 2.17. The first kappa shape index (κ1) is 19.7. The molecule has 2 rings (SSSR count). The number of nitriles is 1. The maximum atomic E-state index is 12.1. The average molecular weight is 380 g/mol. The van der Waals surface area contributed by atoms with Crippen molar-refractivity contribution in [2.45, 2.75) is 25.5 Å². The molecular formula is C17H20N2O6S. The van der Waals surface area contributed by atoms with Gasteiger partial charge in [0, 0.05) is 13.1 Å². The number of nitrogens with zero attached hydrogens (tertiary/aromatic N) is 2. The number of carbonyl (C=O) groups is 2. The Morgan fingerprint density at radius 2 is 2.00 bits per heavy atom. The smallest absolute Gasteiger partial charge is 0.347 e. The summed E-state index contributed by atoms with van der Waals surface area (Å²) in [6.07, 6.45) is -0.551. The number of rotatable bonds is 6. The summed E-state index contributed by atoms with van der Waals surface area (Å²) < 4.78 is 33.3. The normalized spacial score (nSPS) is 19.2. The van der Waals surface area contributed by atoms with E-state index in [4.69, 9.17) is 14.7 Å². The fourth-order valence-electron chi connectivity index (χ4n) is 2.50. The Hall–Kier alpha value is -2.60. The minimum Gasteiger partial charge on any atom is -0.479 e. The van der Waals surface area contributed by atoms with Gasteiger partial charge in [0.15, 0.2) is 22.5 Å². The zero-order valence-corrected chi connectivity index (χ0v) is 15.4. The minimum absolute atomic E-state index is 0.0601. The van der Waals surface area contributed by atoms with Crippen molar-refractivity contribution in [3.8, 4) is 11.8 Å². The molecule has 0 aliphatic carbocycles. The molecule has 9 heteroatoms.